The van der Waals surface area contributed by atoms with Gasteiger partial charge in [0.2, 0.25) is 0 Å². The molecule has 13 heavy (non-hydrogen) atoms. The van der Waals surface area contributed by atoms with Crippen LogP contribution in [0.3, 0.4) is 0 Å². The lowest BCUT2D eigenvalue weighted by Gasteiger charge is -1.90. The molecule has 0 unspecified atom stereocenters. The molecule has 0 heteroatoms. The Morgan fingerprint density at radius 2 is 1.38 bits per heavy atom. The molecule has 74 valence electrons. The van der Waals surface area contributed by atoms with E-state index in [-0.39, 0.29) is 0 Å². The van der Waals surface area contributed by atoms with E-state index in [1.165, 1.54) is 30.4 Å². The lowest BCUT2D eigenvalue weighted by atomic mass is 10.2. The SMILES string of the molecule is CCCCC.Cc1cccc(C)c1. The van der Waals surface area contributed by atoms with Gasteiger partial charge in [-0.25, -0.2) is 0 Å². The monoisotopic (exact) mass is 178 g/mol. The summed E-state index contributed by atoms with van der Waals surface area (Å²) in [6.45, 7) is 8.63. The van der Waals surface area contributed by atoms with Crippen LogP contribution in [0, 0.1) is 13.8 Å². The highest BCUT2D eigenvalue weighted by Gasteiger charge is 1.80. The predicted molar refractivity (Wildman–Crippen MR) is 61.1 cm³/mol. The van der Waals surface area contributed by atoms with Gasteiger partial charge in [-0.1, -0.05) is 68.5 Å². The van der Waals surface area contributed by atoms with Crippen molar-refractivity contribution in [3.63, 3.8) is 0 Å². The summed E-state index contributed by atoms with van der Waals surface area (Å²) in [6, 6.07) is 8.45. The Morgan fingerprint density at radius 1 is 0.923 bits per heavy atom. The van der Waals surface area contributed by atoms with Crippen molar-refractivity contribution < 1.29 is 0 Å². The Kier molecular flexibility index (Phi) is 7.38. The van der Waals surface area contributed by atoms with Gasteiger partial charge in [-0.15, -0.1) is 0 Å². The van der Waals surface area contributed by atoms with E-state index in [0.717, 1.165) is 0 Å². The number of hydrogen-bond acceptors (Lipinski definition) is 0. The van der Waals surface area contributed by atoms with Gasteiger partial charge in [0.1, 0.15) is 0 Å². The molecule has 0 radical (unpaired) electrons. The van der Waals surface area contributed by atoms with E-state index < -0.39 is 0 Å². The van der Waals surface area contributed by atoms with Gasteiger partial charge < -0.3 is 0 Å². The molecule has 0 aliphatic carbocycles. The third kappa shape index (κ3) is 7.58. The number of aryl methyl sites for hydroxylation is 2. The molecule has 0 fully saturated rings. The normalized spacial score (nSPS) is 8.92. The molecule has 1 aromatic carbocycles. The van der Waals surface area contributed by atoms with Crippen molar-refractivity contribution in [2.24, 2.45) is 0 Å². The summed E-state index contributed by atoms with van der Waals surface area (Å²) in [5.74, 6) is 0. The first-order valence-electron chi connectivity index (χ1n) is 5.24. The summed E-state index contributed by atoms with van der Waals surface area (Å²) >= 11 is 0. The topological polar surface area (TPSA) is 0 Å². The Hall–Kier alpha value is -0.780. The van der Waals surface area contributed by atoms with Crippen molar-refractivity contribution in [2.45, 2.75) is 47.0 Å². The van der Waals surface area contributed by atoms with E-state index in [2.05, 4.69) is 52.0 Å². The Balaban J connectivity index is 0.000000252. The lowest BCUT2D eigenvalue weighted by Crippen LogP contribution is -1.71. The maximum atomic E-state index is 2.21. The van der Waals surface area contributed by atoms with Crippen LogP contribution in [0.5, 0.6) is 0 Å². The third-order valence-electron chi connectivity index (χ3n) is 1.88. The highest BCUT2D eigenvalue weighted by molar-refractivity contribution is 5.20. The molecule has 0 aromatic heterocycles. The standard InChI is InChI=1S/C8H10.C5H12/c1-7-4-3-5-8(2)6-7;1-3-5-4-2/h3-6H,1-2H3;3-5H2,1-2H3. The second-order valence-electron chi connectivity index (χ2n) is 3.51. The van der Waals surface area contributed by atoms with E-state index >= 15 is 0 Å². The van der Waals surface area contributed by atoms with Gasteiger partial charge in [0, 0.05) is 0 Å². The van der Waals surface area contributed by atoms with Crippen LogP contribution in [0.15, 0.2) is 24.3 Å². The first kappa shape index (κ1) is 12.2. The van der Waals surface area contributed by atoms with Gasteiger partial charge >= 0.3 is 0 Å². The maximum Gasteiger partial charge on any atom is -0.0398 e. The molecule has 0 bridgehead atoms. The predicted octanol–water partition coefficient (Wildman–Crippen LogP) is 4.50. The maximum absolute atomic E-state index is 2.21. The van der Waals surface area contributed by atoms with Gasteiger partial charge in [-0.05, 0) is 13.8 Å². The van der Waals surface area contributed by atoms with Crippen LogP contribution in [0.2, 0.25) is 0 Å². The fraction of sp³-hybridized carbons (Fsp3) is 0.538. The molecule has 0 N–H and O–H groups in total. The van der Waals surface area contributed by atoms with Gasteiger partial charge in [-0.2, -0.15) is 0 Å². The van der Waals surface area contributed by atoms with Gasteiger partial charge in [0.15, 0.2) is 0 Å². The van der Waals surface area contributed by atoms with Gasteiger partial charge in [0.25, 0.3) is 0 Å². The zero-order chi connectivity index (χ0) is 10.1. The fourth-order valence-electron chi connectivity index (χ4n) is 1.16. The van der Waals surface area contributed by atoms with Crippen LogP contribution >= 0.6 is 0 Å². The summed E-state index contributed by atoms with van der Waals surface area (Å²) in [5.41, 5.74) is 2.68. The minimum atomic E-state index is 1.34. The van der Waals surface area contributed by atoms with Crippen LogP contribution < -0.4 is 0 Å². The summed E-state index contributed by atoms with van der Waals surface area (Å²) in [4.78, 5) is 0. The Labute approximate surface area is 83.0 Å². The van der Waals surface area contributed by atoms with Crippen LogP contribution in [0.1, 0.15) is 44.2 Å². The van der Waals surface area contributed by atoms with E-state index in [0.29, 0.717) is 0 Å². The summed E-state index contributed by atoms with van der Waals surface area (Å²) in [6.07, 6.45) is 4.08. The van der Waals surface area contributed by atoms with Crippen molar-refractivity contribution in [1.82, 2.24) is 0 Å². The molecule has 1 rings (SSSR count). The molecule has 0 atom stereocenters. The van der Waals surface area contributed by atoms with Crippen molar-refractivity contribution in [3.05, 3.63) is 35.4 Å². The lowest BCUT2D eigenvalue weighted by molar-refractivity contribution is 0.772. The van der Waals surface area contributed by atoms with Gasteiger partial charge in [0.05, 0.1) is 0 Å². The van der Waals surface area contributed by atoms with E-state index in [1.807, 2.05) is 0 Å². The second kappa shape index (κ2) is 7.85. The summed E-state index contributed by atoms with van der Waals surface area (Å²) in [7, 11) is 0. The molecular formula is C13H22. The number of benzene rings is 1. The van der Waals surface area contributed by atoms with Crippen LogP contribution in [-0.4, -0.2) is 0 Å². The average Bonchev–Trinajstić information content (AvgIpc) is 2.06. The van der Waals surface area contributed by atoms with Crippen molar-refractivity contribution in [3.8, 4) is 0 Å². The molecule has 1 aromatic rings. The Bertz CT molecular complexity index is 194. The van der Waals surface area contributed by atoms with E-state index in [1.54, 1.807) is 0 Å². The van der Waals surface area contributed by atoms with Crippen molar-refractivity contribution in [1.29, 1.82) is 0 Å². The first-order chi connectivity index (χ1) is 6.20. The Morgan fingerprint density at radius 3 is 1.54 bits per heavy atom. The quantitative estimate of drug-likeness (QED) is 0.625. The molecule has 0 aliphatic heterocycles. The molecule has 0 amide bonds. The average molecular weight is 178 g/mol. The molecular weight excluding hydrogens is 156 g/mol. The summed E-state index contributed by atoms with van der Waals surface area (Å²) in [5, 5.41) is 0. The van der Waals surface area contributed by atoms with Crippen LogP contribution in [-0.2, 0) is 0 Å². The number of unbranched alkanes of at least 4 members (excludes halogenated alkanes) is 2. The molecule has 0 saturated heterocycles. The van der Waals surface area contributed by atoms with E-state index in [9.17, 15) is 0 Å². The molecule has 0 saturated carbocycles. The largest absolute Gasteiger partial charge is 0.0654 e. The zero-order valence-electron chi connectivity index (χ0n) is 9.43. The van der Waals surface area contributed by atoms with E-state index in [4.69, 9.17) is 0 Å². The van der Waals surface area contributed by atoms with Crippen molar-refractivity contribution >= 4 is 0 Å². The minimum absolute atomic E-state index is 1.34. The van der Waals surface area contributed by atoms with Gasteiger partial charge in [-0.3, -0.25) is 0 Å². The van der Waals surface area contributed by atoms with Crippen molar-refractivity contribution in [2.75, 3.05) is 0 Å². The molecule has 0 aliphatic rings. The highest BCUT2D eigenvalue weighted by atomic mass is 13.9. The third-order valence-corrected chi connectivity index (χ3v) is 1.88. The number of hydrogen-bond donors (Lipinski definition) is 0. The highest BCUT2D eigenvalue weighted by Crippen LogP contribution is 2.00. The molecule has 0 heterocycles. The van der Waals surface area contributed by atoms with Crippen LogP contribution in [0.4, 0.5) is 0 Å². The molecule has 0 nitrogen and oxygen atoms in total. The smallest absolute Gasteiger partial charge is 0.0398 e. The summed E-state index contributed by atoms with van der Waals surface area (Å²) < 4.78 is 0. The number of rotatable bonds is 2. The minimum Gasteiger partial charge on any atom is -0.0654 e. The first-order valence-corrected chi connectivity index (χ1v) is 5.24. The fourth-order valence-corrected chi connectivity index (χ4v) is 1.16. The molecule has 0 spiro atoms. The van der Waals surface area contributed by atoms with Crippen LogP contribution in [0.25, 0.3) is 0 Å². The second-order valence-corrected chi connectivity index (χ2v) is 3.51. The zero-order valence-corrected chi connectivity index (χ0v) is 9.43.